The van der Waals surface area contributed by atoms with E-state index in [0.717, 1.165) is 32.7 Å². The molecule has 2 aliphatic rings. The summed E-state index contributed by atoms with van der Waals surface area (Å²) >= 11 is 0. The molecule has 0 bridgehead atoms. The standard InChI is InChI=1S/C12H23N3O2.ClH/c1-12(2,3)17-11(16)15-8-5-13-9-10(15)14-6-4-7-14;/h10,13H,4-9H2,1-3H3;1H. The lowest BCUT2D eigenvalue weighted by Crippen LogP contribution is -2.64. The van der Waals surface area contributed by atoms with E-state index in [1.54, 1.807) is 0 Å². The number of halogens is 1. The fraction of sp³-hybridized carbons (Fsp3) is 0.917. The second kappa shape index (κ2) is 6.08. The van der Waals surface area contributed by atoms with Crippen LogP contribution < -0.4 is 5.32 Å². The van der Waals surface area contributed by atoms with Crippen molar-refractivity contribution in [2.24, 2.45) is 0 Å². The van der Waals surface area contributed by atoms with Crippen molar-refractivity contribution in [3.05, 3.63) is 0 Å². The monoisotopic (exact) mass is 277 g/mol. The SMILES string of the molecule is CC(C)(C)OC(=O)N1CCNCC1N1CCC1.Cl. The summed E-state index contributed by atoms with van der Waals surface area (Å²) in [5.74, 6) is 0. The molecule has 2 aliphatic heterocycles. The molecule has 5 nitrogen and oxygen atoms in total. The van der Waals surface area contributed by atoms with Crippen LogP contribution in [0.1, 0.15) is 27.2 Å². The average Bonchev–Trinajstić information content (AvgIpc) is 2.13. The molecule has 0 saturated carbocycles. The summed E-state index contributed by atoms with van der Waals surface area (Å²) in [5.41, 5.74) is -0.415. The molecule has 0 aromatic rings. The van der Waals surface area contributed by atoms with Gasteiger partial charge in [0.15, 0.2) is 0 Å². The number of hydrogen-bond donors (Lipinski definition) is 1. The second-order valence-corrected chi connectivity index (χ2v) is 5.75. The van der Waals surface area contributed by atoms with Crippen LogP contribution in [0.5, 0.6) is 0 Å². The fourth-order valence-corrected chi connectivity index (χ4v) is 2.19. The minimum Gasteiger partial charge on any atom is -0.444 e. The summed E-state index contributed by atoms with van der Waals surface area (Å²) in [6.07, 6.45) is 1.22. The van der Waals surface area contributed by atoms with Crippen LogP contribution in [0, 0.1) is 0 Å². The van der Waals surface area contributed by atoms with Crippen molar-refractivity contribution in [1.29, 1.82) is 0 Å². The van der Waals surface area contributed by atoms with E-state index in [0.29, 0.717) is 0 Å². The van der Waals surface area contributed by atoms with Gasteiger partial charge in [0, 0.05) is 32.7 Å². The first kappa shape index (κ1) is 15.5. The van der Waals surface area contributed by atoms with Crippen LogP contribution in [0.4, 0.5) is 4.79 Å². The molecule has 0 aliphatic carbocycles. The Morgan fingerprint density at radius 2 is 1.94 bits per heavy atom. The zero-order chi connectivity index (χ0) is 12.5. The van der Waals surface area contributed by atoms with Crippen molar-refractivity contribution in [3.63, 3.8) is 0 Å². The van der Waals surface area contributed by atoms with Gasteiger partial charge in [-0.25, -0.2) is 4.79 Å². The number of amides is 1. The predicted octanol–water partition coefficient (Wildman–Crippen LogP) is 1.28. The van der Waals surface area contributed by atoms with E-state index in [1.165, 1.54) is 6.42 Å². The van der Waals surface area contributed by atoms with Gasteiger partial charge < -0.3 is 10.1 Å². The molecule has 2 saturated heterocycles. The summed E-state index contributed by atoms with van der Waals surface area (Å²) in [6, 6.07) is 0. The summed E-state index contributed by atoms with van der Waals surface area (Å²) in [7, 11) is 0. The Labute approximate surface area is 115 Å². The highest BCUT2D eigenvalue weighted by atomic mass is 35.5. The van der Waals surface area contributed by atoms with E-state index in [-0.39, 0.29) is 24.7 Å². The second-order valence-electron chi connectivity index (χ2n) is 5.75. The fourth-order valence-electron chi connectivity index (χ4n) is 2.19. The lowest BCUT2D eigenvalue weighted by Gasteiger charge is -2.46. The summed E-state index contributed by atoms with van der Waals surface area (Å²) in [6.45, 7) is 10.3. The minimum atomic E-state index is -0.415. The number of nitrogens with one attached hydrogen (secondary N) is 1. The number of piperazine rings is 1. The van der Waals surface area contributed by atoms with Crippen LogP contribution in [0.15, 0.2) is 0 Å². The normalized spacial score (nSPS) is 25.1. The first-order valence-electron chi connectivity index (χ1n) is 6.42. The molecule has 0 radical (unpaired) electrons. The van der Waals surface area contributed by atoms with E-state index in [2.05, 4.69) is 10.2 Å². The zero-order valence-corrected chi connectivity index (χ0v) is 12.3. The van der Waals surface area contributed by atoms with E-state index in [1.807, 2.05) is 25.7 Å². The van der Waals surface area contributed by atoms with E-state index < -0.39 is 5.60 Å². The Bertz CT molecular complexity index is 290. The lowest BCUT2D eigenvalue weighted by molar-refractivity contribution is -0.0361. The molecule has 0 aromatic carbocycles. The van der Waals surface area contributed by atoms with Crippen LogP contribution in [0.25, 0.3) is 0 Å². The maximum Gasteiger partial charge on any atom is 0.411 e. The third kappa shape index (κ3) is 3.73. The number of carbonyl (C=O) groups is 1. The summed E-state index contributed by atoms with van der Waals surface area (Å²) in [4.78, 5) is 16.3. The Morgan fingerprint density at radius 3 is 2.44 bits per heavy atom. The van der Waals surface area contributed by atoms with Gasteiger partial charge in [0.25, 0.3) is 0 Å². The van der Waals surface area contributed by atoms with Crippen LogP contribution in [0.3, 0.4) is 0 Å². The topological polar surface area (TPSA) is 44.8 Å². The number of hydrogen-bond acceptors (Lipinski definition) is 4. The molecule has 1 unspecified atom stereocenters. The van der Waals surface area contributed by atoms with Gasteiger partial charge in [-0.05, 0) is 27.2 Å². The molecule has 0 spiro atoms. The van der Waals surface area contributed by atoms with Crippen LogP contribution in [-0.4, -0.2) is 60.4 Å². The van der Waals surface area contributed by atoms with Crippen molar-refractivity contribution in [3.8, 4) is 0 Å². The first-order chi connectivity index (χ1) is 7.97. The van der Waals surface area contributed by atoms with Gasteiger partial charge in [-0.3, -0.25) is 9.80 Å². The number of ether oxygens (including phenoxy) is 1. The van der Waals surface area contributed by atoms with Gasteiger partial charge in [0.1, 0.15) is 11.8 Å². The molecule has 1 amide bonds. The van der Waals surface area contributed by atoms with Crippen molar-refractivity contribution in [2.45, 2.75) is 39.0 Å². The van der Waals surface area contributed by atoms with Crippen molar-refractivity contribution in [1.82, 2.24) is 15.1 Å². The van der Waals surface area contributed by atoms with Crippen LogP contribution >= 0.6 is 12.4 Å². The largest absolute Gasteiger partial charge is 0.444 e. The van der Waals surface area contributed by atoms with Gasteiger partial charge in [-0.15, -0.1) is 12.4 Å². The number of likely N-dealkylation sites (tertiary alicyclic amines) is 1. The Hall–Kier alpha value is -0.520. The summed E-state index contributed by atoms with van der Waals surface area (Å²) < 4.78 is 5.46. The number of nitrogens with zero attached hydrogens (tertiary/aromatic N) is 2. The predicted molar refractivity (Wildman–Crippen MR) is 73.0 cm³/mol. The highest BCUT2D eigenvalue weighted by Gasteiger charge is 2.35. The van der Waals surface area contributed by atoms with Gasteiger partial charge >= 0.3 is 6.09 Å². The average molecular weight is 278 g/mol. The molecule has 6 heteroatoms. The highest BCUT2D eigenvalue weighted by Crippen LogP contribution is 2.19. The number of rotatable bonds is 1. The zero-order valence-electron chi connectivity index (χ0n) is 11.4. The molecule has 2 heterocycles. The Kier molecular flexibility index (Phi) is 5.25. The quantitative estimate of drug-likeness (QED) is 0.784. The van der Waals surface area contributed by atoms with E-state index in [4.69, 9.17) is 4.74 Å². The minimum absolute atomic E-state index is 0. The highest BCUT2D eigenvalue weighted by molar-refractivity contribution is 5.85. The van der Waals surface area contributed by atoms with E-state index in [9.17, 15) is 4.79 Å². The third-order valence-electron chi connectivity index (χ3n) is 3.16. The number of carbonyl (C=O) groups excluding carboxylic acids is 1. The molecule has 2 fully saturated rings. The first-order valence-corrected chi connectivity index (χ1v) is 6.42. The molecule has 1 N–H and O–H groups in total. The van der Waals surface area contributed by atoms with Crippen molar-refractivity contribution < 1.29 is 9.53 Å². The third-order valence-corrected chi connectivity index (χ3v) is 3.16. The van der Waals surface area contributed by atoms with Crippen molar-refractivity contribution in [2.75, 3.05) is 32.7 Å². The van der Waals surface area contributed by atoms with Gasteiger partial charge in [0.05, 0.1) is 0 Å². The molecule has 106 valence electrons. The lowest BCUT2D eigenvalue weighted by atomic mass is 10.1. The maximum atomic E-state index is 12.1. The molecule has 2 rings (SSSR count). The van der Waals surface area contributed by atoms with Crippen LogP contribution in [0.2, 0.25) is 0 Å². The Morgan fingerprint density at radius 1 is 1.28 bits per heavy atom. The Balaban J connectivity index is 0.00000162. The smallest absolute Gasteiger partial charge is 0.411 e. The molecule has 18 heavy (non-hydrogen) atoms. The maximum absolute atomic E-state index is 12.1. The molecular formula is C12H24ClN3O2. The van der Waals surface area contributed by atoms with Gasteiger partial charge in [-0.2, -0.15) is 0 Å². The van der Waals surface area contributed by atoms with Crippen LogP contribution in [-0.2, 0) is 4.74 Å². The molecule has 0 aromatic heterocycles. The molecular weight excluding hydrogens is 254 g/mol. The summed E-state index contributed by atoms with van der Waals surface area (Å²) in [5, 5.41) is 3.34. The van der Waals surface area contributed by atoms with Gasteiger partial charge in [-0.1, -0.05) is 0 Å². The molecule has 1 atom stereocenters. The van der Waals surface area contributed by atoms with E-state index >= 15 is 0 Å². The van der Waals surface area contributed by atoms with Crippen molar-refractivity contribution >= 4 is 18.5 Å². The van der Waals surface area contributed by atoms with Gasteiger partial charge in [0.2, 0.25) is 0 Å².